The lowest BCUT2D eigenvalue weighted by Crippen LogP contribution is -2.47. The van der Waals surface area contributed by atoms with Gasteiger partial charge in [-0.2, -0.15) is 5.26 Å². The molecule has 1 aromatic heterocycles. The molecule has 0 radical (unpaired) electrons. The Morgan fingerprint density at radius 3 is 3.05 bits per heavy atom. The van der Waals surface area contributed by atoms with Crippen LogP contribution in [0.3, 0.4) is 0 Å². The number of ether oxygens (including phenoxy) is 1. The van der Waals surface area contributed by atoms with Gasteiger partial charge in [-0.25, -0.2) is 4.98 Å². The zero-order valence-corrected chi connectivity index (χ0v) is 10.9. The van der Waals surface area contributed by atoms with Crippen molar-refractivity contribution in [2.45, 2.75) is 12.5 Å². The minimum atomic E-state index is -0.974. The second kappa shape index (κ2) is 6.15. The molecule has 1 atom stereocenters. The smallest absolute Gasteiger partial charge is 0.305 e. The number of morpholine rings is 1. The maximum atomic E-state index is 10.9. The minimum absolute atomic E-state index is 0.138. The van der Waals surface area contributed by atoms with Crippen LogP contribution in [0, 0.1) is 21.4 Å². The van der Waals surface area contributed by atoms with Crippen LogP contribution in [0.15, 0.2) is 12.1 Å². The molecule has 9 nitrogen and oxygen atoms in total. The average molecular weight is 292 g/mol. The van der Waals surface area contributed by atoms with Gasteiger partial charge in [0.15, 0.2) is 0 Å². The van der Waals surface area contributed by atoms with E-state index in [1.165, 1.54) is 12.1 Å². The van der Waals surface area contributed by atoms with Crippen molar-refractivity contribution in [3.05, 3.63) is 27.9 Å². The average Bonchev–Trinajstić information content (AvgIpc) is 2.46. The number of hydrogen-bond acceptors (Lipinski definition) is 7. The van der Waals surface area contributed by atoms with Crippen LogP contribution in [0.4, 0.5) is 11.5 Å². The van der Waals surface area contributed by atoms with E-state index in [0.29, 0.717) is 19.0 Å². The van der Waals surface area contributed by atoms with Gasteiger partial charge in [-0.1, -0.05) is 0 Å². The molecule has 0 aromatic carbocycles. The minimum Gasteiger partial charge on any atom is -0.481 e. The monoisotopic (exact) mass is 292 g/mol. The van der Waals surface area contributed by atoms with Crippen molar-refractivity contribution in [1.29, 1.82) is 5.26 Å². The van der Waals surface area contributed by atoms with Crippen molar-refractivity contribution in [3.63, 3.8) is 0 Å². The Hall–Kier alpha value is -2.73. The van der Waals surface area contributed by atoms with Gasteiger partial charge in [-0.3, -0.25) is 14.9 Å². The van der Waals surface area contributed by atoms with Gasteiger partial charge in [-0.05, 0) is 6.07 Å². The normalized spacial score (nSPS) is 18.0. The molecule has 1 fully saturated rings. The molecule has 2 rings (SSSR count). The second-order valence-corrected chi connectivity index (χ2v) is 4.43. The van der Waals surface area contributed by atoms with E-state index in [2.05, 4.69) is 4.98 Å². The molecule has 0 bridgehead atoms. The van der Waals surface area contributed by atoms with Crippen LogP contribution in [0.2, 0.25) is 0 Å². The first-order valence-electron chi connectivity index (χ1n) is 6.14. The van der Waals surface area contributed by atoms with Crippen molar-refractivity contribution in [2.24, 2.45) is 0 Å². The van der Waals surface area contributed by atoms with Gasteiger partial charge in [0.1, 0.15) is 11.9 Å². The Balaban J connectivity index is 2.33. The molecule has 1 aliphatic heterocycles. The first-order valence-corrected chi connectivity index (χ1v) is 6.14. The van der Waals surface area contributed by atoms with E-state index in [-0.39, 0.29) is 24.4 Å². The van der Waals surface area contributed by atoms with E-state index in [1.807, 2.05) is 0 Å². The summed E-state index contributed by atoms with van der Waals surface area (Å²) in [5.74, 6) is -0.635. The summed E-state index contributed by atoms with van der Waals surface area (Å²) < 4.78 is 5.25. The van der Waals surface area contributed by atoms with Crippen molar-refractivity contribution in [3.8, 4) is 6.07 Å². The Bertz CT molecular complexity index is 612. The highest BCUT2D eigenvalue weighted by Gasteiger charge is 2.28. The lowest BCUT2D eigenvalue weighted by Gasteiger charge is -2.35. The standard InChI is InChI=1S/C12H12N4O5/c13-6-9-10(16(19)20)1-2-11(14-9)15-3-4-21-7-8(15)5-12(17)18/h1-2,8H,3-5,7H2,(H,17,18). The number of carbonyl (C=O) groups is 1. The summed E-state index contributed by atoms with van der Waals surface area (Å²) in [5, 5.41) is 28.6. The molecule has 2 heterocycles. The number of nitriles is 1. The molecule has 21 heavy (non-hydrogen) atoms. The van der Waals surface area contributed by atoms with Crippen LogP contribution in [0.1, 0.15) is 12.1 Å². The van der Waals surface area contributed by atoms with E-state index < -0.39 is 16.9 Å². The summed E-state index contributed by atoms with van der Waals surface area (Å²) in [4.78, 5) is 26.6. The maximum absolute atomic E-state index is 10.9. The first-order chi connectivity index (χ1) is 10.0. The van der Waals surface area contributed by atoms with Crippen LogP contribution >= 0.6 is 0 Å². The number of nitro groups is 1. The molecule has 110 valence electrons. The van der Waals surface area contributed by atoms with Crippen molar-refractivity contribution in [2.75, 3.05) is 24.7 Å². The molecule has 9 heteroatoms. The lowest BCUT2D eigenvalue weighted by atomic mass is 10.1. The van der Waals surface area contributed by atoms with Gasteiger partial charge in [0.05, 0.1) is 30.6 Å². The fraction of sp³-hybridized carbons (Fsp3) is 0.417. The predicted octanol–water partition coefficient (Wildman–Crippen LogP) is 0.541. The summed E-state index contributed by atoms with van der Waals surface area (Å²) in [6, 6.07) is 3.88. The fourth-order valence-electron chi connectivity index (χ4n) is 2.16. The number of nitrogens with zero attached hydrogens (tertiary/aromatic N) is 4. The Kier molecular flexibility index (Phi) is 4.30. The molecular weight excluding hydrogens is 280 g/mol. The van der Waals surface area contributed by atoms with Crippen LogP contribution in [-0.4, -0.2) is 46.8 Å². The second-order valence-electron chi connectivity index (χ2n) is 4.43. The van der Waals surface area contributed by atoms with E-state index in [0.717, 1.165) is 0 Å². The van der Waals surface area contributed by atoms with E-state index in [9.17, 15) is 14.9 Å². The number of rotatable bonds is 4. The Morgan fingerprint density at radius 1 is 1.67 bits per heavy atom. The van der Waals surface area contributed by atoms with E-state index in [1.54, 1.807) is 11.0 Å². The third kappa shape index (κ3) is 3.24. The molecule has 1 aromatic rings. The highest BCUT2D eigenvalue weighted by molar-refractivity contribution is 5.68. The molecule has 1 unspecified atom stereocenters. The summed E-state index contributed by atoms with van der Waals surface area (Å²) in [6.45, 7) is 1.04. The Labute approximate surface area is 119 Å². The fourth-order valence-corrected chi connectivity index (χ4v) is 2.16. The number of anilines is 1. The van der Waals surface area contributed by atoms with Crippen molar-refractivity contribution in [1.82, 2.24) is 4.98 Å². The number of carboxylic acid groups (broad SMARTS) is 1. The summed E-state index contributed by atoms with van der Waals surface area (Å²) in [5.41, 5.74) is -0.664. The van der Waals surface area contributed by atoms with Crippen molar-refractivity contribution >= 4 is 17.5 Å². The Morgan fingerprint density at radius 2 is 2.43 bits per heavy atom. The van der Waals surface area contributed by atoms with Gasteiger partial charge in [0.25, 0.3) is 0 Å². The SMILES string of the molecule is N#Cc1nc(N2CCOCC2CC(=O)O)ccc1[N+](=O)[O-]. The third-order valence-corrected chi connectivity index (χ3v) is 3.09. The van der Waals surface area contributed by atoms with E-state index in [4.69, 9.17) is 15.1 Å². The molecular formula is C12H12N4O5. The molecule has 0 saturated carbocycles. The summed E-state index contributed by atoms with van der Waals surface area (Å²) in [6.07, 6.45) is -0.138. The molecule has 1 saturated heterocycles. The third-order valence-electron chi connectivity index (χ3n) is 3.09. The predicted molar refractivity (Wildman–Crippen MR) is 69.8 cm³/mol. The molecule has 1 N–H and O–H groups in total. The zero-order valence-electron chi connectivity index (χ0n) is 10.9. The van der Waals surface area contributed by atoms with Crippen LogP contribution in [0.5, 0.6) is 0 Å². The topological polar surface area (TPSA) is 130 Å². The van der Waals surface area contributed by atoms with Crippen LogP contribution < -0.4 is 4.90 Å². The molecule has 0 spiro atoms. The van der Waals surface area contributed by atoms with Crippen molar-refractivity contribution < 1.29 is 19.6 Å². The van der Waals surface area contributed by atoms with Gasteiger partial charge >= 0.3 is 11.7 Å². The number of aromatic nitrogens is 1. The molecule has 0 aliphatic carbocycles. The lowest BCUT2D eigenvalue weighted by molar-refractivity contribution is -0.385. The molecule has 1 aliphatic rings. The number of pyridine rings is 1. The van der Waals surface area contributed by atoms with Gasteiger partial charge in [0.2, 0.25) is 5.69 Å². The van der Waals surface area contributed by atoms with Crippen LogP contribution in [0.25, 0.3) is 0 Å². The number of hydrogen-bond donors (Lipinski definition) is 1. The highest BCUT2D eigenvalue weighted by atomic mass is 16.6. The van der Waals surface area contributed by atoms with Gasteiger partial charge in [0, 0.05) is 12.6 Å². The highest BCUT2D eigenvalue weighted by Crippen LogP contribution is 2.24. The molecule has 0 amide bonds. The summed E-state index contributed by atoms with van der Waals surface area (Å²) in [7, 11) is 0. The number of carboxylic acids is 1. The van der Waals surface area contributed by atoms with Gasteiger partial charge < -0.3 is 14.7 Å². The van der Waals surface area contributed by atoms with Gasteiger partial charge in [-0.15, -0.1) is 0 Å². The largest absolute Gasteiger partial charge is 0.481 e. The van der Waals surface area contributed by atoms with Crippen LogP contribution in [-0.2, 0) is 9.53 Å². The number of aliphatic carboxylic acids is 1. The summed E-state index contributed by atoms with van der Waals surface area (Å²) >= 11 is 0. The zero-order chi connectivity index (χ0) is 15.4. The quantitative estimate of drug-likeness (QED) is 0.628. The maximum Gasteiger partial charge on any atom is 0.305 e. The first kappa shape index (κ1) is 14.7. The van der Waals surface area contributed by atoms with E-state index >= 15 is 0 Å².